The first-order valence-corrected chi connectivity index (χ1v) is 11.9. The van der Waals surface area contributed by atoms with E-state index in [-0.39, 0.29) is 11.7 Å². The maximum atomic E-state index is 14.3. The Labute approximate surface area is 197 Å². The Bertz CT molecular complexity index is 1130. The summed E-state index contributed by atoms with van der Waals surface area (Å²) in [6.07, 6.45) is 2.09. The van der Waals surface area contributed by atoms with E-state index in [9.17, 15) is 4.39 Å². The molecule has 1 heterocycles. The van der Waals surface area contributed by atoms with Crippen molar-refractivity contribution >= 4 is 17.5 Å². The van der Waals surface area contributed by atoms with E-state index in [1.54, 1.807) is 13.0 Å². The van der Waals surface area contributed by atoms with Gasteiger partial charge in [-0.05, 0) is 62.1 Å². The molecule has 0 radical (unpaired) electrons. The molecule has 0 aliphatic heterocycles. The van der Waals surface area contributed by atoms with Crippen LogP contribution in [-0.2, 0) is 4.84 Å². The molecular formula is C25H28FN3O3S. The number of benzene rings is 2. The first-order valence-electron chi connectivity index (χ1n) is 10.7. The van der Waals surface area contributed by atoms with Gasteiger partial charge >= 0.3 is 0 Å². The zero-order chi connectivity index (χ0) is 24.0. The molecule has 0 aliphatic rings. The maximum Gasteiger partial charge on any atom is 0.229 e. The number of nitrogens with zero attached hydrogens (tertiary/aromatic N) is 3. The summed E-state index contributed by atoms with van der Waals surface area (Å²) in [5.41, 5.74) is 1.63. The highest BCUT2D eigenvalue weighted by Gasteiger charge is 2.16. The molecule has 33 heavy (non-hydrogen) atoms. The lowest BCUT2D eigenvalue weighted by Gasteiger charge is -2.18. The molecule has 3 rings (SSSR count). The lowest BCUT2D eigenvalue weighted by molar-refractivity contribution is 0.120. The van der Waals surface area contributed by atoms with E-state index >= 15 is 0 Å². The quantitative estimate of drug-likeness (QED) is 0.140. The molecule has 2 aromatic carbocycles. The van der Waals surface area contributed by atoms with Gasteiger partial charge < -0.3 is 14.1 Å². The van der Waals surface area contributed by atoms with Crippen LogP contribution < -0.4 is 4.74 Å². The fourth-order valence-electron chi connectivity index (χ4n) is 2.96. The van der Waals surface area contributed by atoms with Crippen molar-refractivity contribution in [2.75, 3.05) is 6.26 Å². The van der Waals surface area contributed by atoms with E-state index in [1.807, 2.05) is 57.4 Å². The van der Waals surface area contributed by atoms with Crippen molar-refractivity contribution in [1.82, 2.24) is 10.1 Å². The van der Waals surface area contributed by atoms with Gasteiger partial charge in [0, 0.05) is 21.9 Å². The van der Waals surface area contributed by atoms with Crippen molar-refractivity contribution in [2.24, 2.45) is 5.16 Å². The standard InChI is InChI=1S/C25H28FN3O3S/c1-7-23(17(5)31-28-16(4)21-13-12-20(33-6)14-22(21)26)30-19-10-8-18(9-11-19)24-27-25(15(2)3)32-29-24/h8-15,23H,5,7H2,1-4,6H3/b28-16+. The SMILES string of the molecule is C=C(O/N=C(\C)c1ccc(SC)cc1F)C(CC)Oc1ccc(-c2noc(C(C)C)n2)cc1. The summed E-state index contributed by atoms with van der Waals surface area (Å²) in [6.45, 7) is 11.6. The Morgan fingerprint density at radius 2 is 1.94 bits per heavy atom. The van der Waals surface area contributed by atoms with Gasteiger partial charge in [-0.25, -0.2) is 4.39 Å². The van der Waals surface area contributed by atoms with Crippen molar-refractivity contribution in [3.63, 3.8) is 0 Å². The monoisotopic (exact) mass is 469 g/mol. The van der Waals surface area contributed by atoms with Crippen molar-refractivity contribution in [1.29, 1.82) is 0 Å². The van der Waals surface area contributed by atoms with Crippen LogP contribution in [0.1, 0.15) is 51.5 Å². The van der Waals surface area contributed by atoms with Gasteiger partial charge in [-0.1, -0.05) is 37.7 Å². The Balaban J connectivity index is 1.64. The predicted molar refractivity (Wildman–Crippen MR) is 129 cm³/mol. The third kappa shape index (κ3) is 6.22. The van der Waals surface area contributed by atoms with E-state index in [4.69, 9.17) is 14.1 Å². The highest BCUT2D eigenvalue weighted by atomic mass is 32.2. The first kappa shape index (κ1) is 24.5. The van der Waals surface area contributed by atoms with Crippen LogP contribution in [0.3, 0.4) is 0 Å². The van der Waals surface area contributed by atoms with Crippen LogP contribution in [0.5, 0.6) is 5.75 Å². The summed E-state index contributed by atoms with van der Waals surface area (Å²) in [7, 11) is 0. The van der Waals surface area contributed by atoms with Crippen LogP contribution in [0.25, 0.3) is 11.4 Å². The third-order valence-corrected chi connectivity index (χ3v) is 5.65. The van der Waals surface area contributed by atoms with Gasteiger partial charge in [0.05, 0.1) is 5.71 Å². The Morgan fingerprint density at radius 3 is 2.52 bits per heavy atom. The fraction of sp³-hybridized carbons (Fsp3) is 0.320. The summed E-state index contributed by atoms with van der Waals surface area (Å²) in [6, 6.07) is 12.4. The molecule has 1 aromatic heterocycles. The van der Waals surface area contributed by atoms with Crippen LogP contribution in [0.2, 0.25) is 0 Å². The van der Waals surface area contributed by atoms with Gasteiger partial charge in [-0.3, -0.25) is 0 Å². The zero-order valence-electron chi connectivity index (χ0n) is 19.5. The van der Waals surface area contributed by atoms with Crippen molar-refractivity contribution in [3.8, 4) is 17.1 Å². The molecule has 0 saturated carbocycles. The molecule has 1 unspecified atom stereocenters. The molecule has 0 bridgehead atoms. The van der Waals surface area contributed by atoms with E-state index < -0.39 is 6.10 Å². The largest absolute Gasteiger partial charge is 0.482 e. The smallest absolute Gasteiger partial charge is 0.229 e. The predicted octanol–water partition coefficient (Wildman–Crippen LogP) is 6.83. The Morgan fingerprint density at radius 1 is 1.21 bits per heavy atom. The average molecular weight is 470 g/mol. The minimum absolute atomic E-state index is 0.169. The van der Waals surface area contributed by atoms with Crippen LogP contribution in [0, 0.1) is 5.82 Å². The minimum Gasteiger partial charge on any atom is -0.482 e. The molecule has 3 aromatic rings. The summed E-state index contributed by atoms with van der Waals surface area (Å²) in [5, 5.41) is 8.08. The lowest BCUT2D eigenvalue weighted by Crippen LogP contribution is -2.19. The van der Waals surface area contributed by atoms with Gasteiger partial charge in [0.25, 0.3) is 0 Å². The molecule has 0 aliphatic carbocycles. The van der Waals surface area contributed by atoms with Gasteiger partial charge in [-0.15, -0.1) is 11.8 Å². The second-order valence-electron chi connectivity index (χ2n) is 7.73. The number of ether oxygens (including phenoxy) is 1. The average Bonchev–Trinajstić information content (AvgIpc) is 3.32. The van der Waals surface area contributed by atoms with Gasteiger partial charge in [-0.2, -0.15) is 4.98 Å². The molecule has 0 saturated heterocycles. The molecule has 8 heteroatoms. The molecule has 6 nitrogen and oxygen atoms in total. The van der Waals surface area contributed by atoms with Gasteiger partial charge in [0.2, 0.25) is 11.7 Å². The molecule has 0 N–H and O–H groups in total. The molecule has 0 amide bonds. The Hall–Kier alpha value is -3.13. The topological polar surface area (TPSA) is 69.7 Å². The number of oxime groups is 1. The minimum atomic E-state index is -0.422. The molecule has 174 valence electrons. The number of aromatic nitrogens is 2. The maximum absolute atomic E-state index is 14.3. The molecule has 0 fully saturated rings. The van der Waals surface area contributed by atoms with Crippen molar-refractivity contribution in [2.45, 2.75) is 51.0 Å². The van der Waals surface area contributed by atoms with Gasteiger partial charge in [0.15, 0.2) is 11.9 Å². The normalized spacial score (nSPS) is 12.6. The lowest BCUT2D eigenvalue weighted by atomic mass is 10.1. The molecule has 0 spiro atoms. The third-order valence-electron chi connectivity index (χ3n) is 4.92. The second kappa shape index (κ2) is 11.1. The second-order valence-corrected chi connectivity index (χ2v) is 8.61. The van der Waals surface area contributed by atoms with Crippen LogP contribution in [0.15, 0.2) is 69.4 Å². The number of rotatable bonds is 10. The highest BCUT2D eigenvalue weighted by Crippen LogP contribution is 2.24. The summed E-state index contributed by atoms with van der Waals surface area (Å²) in [5.74, 6) is 1.93. The molecular weight excluding hydrogens is 441 g/mol. The van der Waals surface area contributed by atoms with E-state index in [0.717, 1.165) is 10.5 Å². The summed E-state index contributed by atoms with van der Waals surface area (Å²) >= 11 is 1.48. The van der Waals surface area contributed by atoms with Crippen molar-refractivity contribution in [3.05, 3.63) is 72.1 Å². The van der Waals surface area contributed by atoms with E-state index in [0.29, 0.717) is 40.9 Å². The molecule has 1 atom stereocenters. The Kier molecular flexibility index (Phi) is 8.27. The van der Waals surface area contributed by atoms with Crippen LogP contribution in [0.4, 0.5) is 4.39 Å². The fourth-order valence-corrected chi connectivity index (χ4v) is 3.39. The number of thioether (sulfide) groups is 1. The van der Waals surface area contributed by atoms with Crippen LogP contribution in [-0.4, -0.2) is 28.2 Å². The first-order chi connectivity index (χ1) is 15.8. The van der Waals surface area contributed by atoms with E-state index in [2.05, 4.69) is 21.9 Å². The number of halogens is 1. The van der Waals surface area contributed by atoms with Crippen LogP contribution >= 0.6 is 11.8 Å². The van der Waals surface area contributed by atoms with E-state index in [1.165, 1.54) is 17.8 Å². The summed E-state index contributed by atoms with van der Waals surface area (Å²) in [4.78, 5) is 10.7. The number of hydrogen-bond acceptors (Lipinski definition) is 7. The van der Waals surface area contributed by atoms with Gasteiger partial charge in [0.1, 0.15) is 11.6 Å². The van der Waals surface area contributed by atoms with Crippen molar-refractivity contribution < 1.29 is 18.5 Å². The number of hydrogen-bond donors (Lipinski definition) is 0. The zero-order valence-corrected chi connectivity index (χ0v) is 20.3. The summed E-state index contributed by atoms with van der Waals surface area (Å²) < 4.78 is 25.6. The highest BCUT2D eigenvalue weighted by molar-refractivity contribution is 7.98.